The van der Waals surface area contributed by atoms with Crippen LogP contribution in [0.25, 0.3) is 0 Å². The fraction of sp³-hybridized carbons (Fsp3) is 0.235. The molecular weight excluding hydrogens is 308 g/mol. The third kappa shape index (κ3) is 4.70. The van der Waals surface area contributed by atoms with Gasteiger partial charge in [0.2, 0.25) is 5.96 Å². The van der Waals surface area contributed by atoms with Crippen molar-refractivity contribution in [3.05, 3.63) is 53.7 Å². The zero-order valence-corrected chi connectivity index (χ0v) is 13.9. The van der Waals surface area contributed by atoms with Crippen LogP contribution >= 0.6 is 0 Å². The van der Waals surface area contributed by atoms with E-state index in [-0.39, 0.29) is 12.5 Å². The number of ether oxygens (including phenoxy) is 1. The molecule has 126 valence electrons. The smallest absolute Gasteiger partial charge is 0.329 e. The molecule has 0 amide bonds. The zero-order valence-electron chi connectivity index (χ0n) is 13.9. The third-order valence-electron chi connectivity index (χ3n) is 3.13. The van der Waals surface area contributed by atoms with Gasteiger partial charge in [-0.1, -0.05) is 24.3 Å². The van der Waals surface area contributed by atoms with Crippen LogP contribution in [0.15, 0.2) is 47.6 Å². The number of pyridine rings is 1. The summed E-state index contributed by atoms with van der Waals surface area (Å²) in [5.41, 5.74) is 7.81. The second-order valence-corrected chi connectivity index (χ2v) is 5.10. The molecule has 1 aromatic carbocycles. The number of aromatic nitrogens is 1. The number of hydrogen-bond acceptors (Lipinski definition) is 5. The maximum absolute atomic E-state index is 11.4. The van der Waals surface area contributed by atoms with E-state index >= 15 is 0 Å². The maximum atomic E-state index is 11.4. The van der Waals surface area contributed by atoms with Crippen molar-refractivity contribution in [1.29, 1.82) is 0 Å². The summed E-state index contributed by atoms with van der Waals surface area (Å²) in [6, 6.07) is 11.0. The molecule has 0 bridgehead atoms. The summed E-state index contributed by atoms with van der Waals surface area (Å²) in [6.45, 7) is 3.42. The van der Waals surface area contributed by atoms with Gasteiger partial charge in [-0.2, -0.15) is 10.1 Å². The standard InChI is InChI=1S/C17H20N4O3/c1-12-8-9-16(19-10-12)20-17(18)21(24-13(2)22)11-14-6-4-5-7-15(14)23-3/h4-10H,11H2,1-3H3,(H2,18,19,20). The molecule has 0 fully saturated rings. The molecule has 0 saturated heterocycles. The van der Waals surface area contributed by atoms with Crippen LogP contribution < -0.4 is 10.5 Å². The minimum absolute atomic E-state index is 0.0208. The molecule has 0 aliphatic rings. The first kappa shape index (κ1) is 17.3. The highest BCUT2D eigenvalue weighted by atomic mass is 16.7. The van der Waals surface area contributed by atoms with E-state index in [4.69, 9.17) is 15.3 Å². The van der Waals surface area contributed by atoms with E-state index in [2.05, 4.69) is 9.98 Å². The molecular formula is C17H20N4O3. The van der Waals surface area contributed by atoms with Crippen molar-refractivity contribution >= 4 is 17.7 Å². The SMILES string of the molecule is COc1ccccc1CN(OC(C)=O)C(N)=Nc1ccc(C)cn1. The van der Waals surface area contributed by atoms with Crippen molar-refractivity contribution in [3.8, 4) is 5.75 Å². The van der Waals surface area contributed by atoms with Crippen molar-refractivity contribution in [1.82, 2.24) is 10.0 Å². The van der Waals surface area contributed by atoms with Gasteiger partial charge in [0.25, 0.3) is 0 Å². The Labute approximate surface area is 140 Å². The second kappa shape index (κ2) is 7.96. The van der Waals surface area contributed by atoms with Crippen molar-refractivity contribution in [3.63, 3.8) is 0 Å². The summed E-state index contributed by atoms with van der Waals surface area (Å²) in [7, 11) is 1.57. The van der Waals surface area contributed by atoms with E-state index in [1.807, 2.05) is 37.3 Å². The predicted octanol–water partition coefficient (Wildman–Crippen LogP) is 2.33. The summed E-state index contributed by atoms with van der Waals surface area (Å²) >= 11 is 0. The molecule has 7 heteroatoms. The Bertz CT molecular complexity index is 729. The minimum Gasteiger partial charge on any atom is -0.496 e. The molecule has 0 spiro atoms. The van der Waals surface area contributed by atoms with E-state index in [9.17, 15) is 4.79 Å². The van der Waals surface area contributed by atoms with Gasteiger partial charge < -0.3 is 15.3 Å². The molecule has 0 unspecified atom stereocenters. The van der Waals surface area contributed by atoms with Crippen LogP contribution in [0, 0.1) is 6.92 Å². The fourth-order valence-electron chi connectivity index (χ4n) is 2.00. The largest absolute Gasteiger partial charge is 0.496 e. The number of guanidine groups is 1. The molecule has 0 saturated carbocycles. The lowest BCUT2D eigenvalue weighted by Crippen LogP contribution is -2.38. The summed E-state index contributed by atoms with van der Waals surface area (Å²) in [5.74, 6) is 0.610. The maximum Gasteiger partial charge on any atom is 0.329 e. The van der Waals surface area contributed by atoms with Crippen LogP contribution in [0.4, 0.5) is 5.82 Å². The van der Waals surface area contributed by atoms with E-state index in [1.165, 1.54) is 12.0 Å². The molecule has 0 aliphatic carbocycles. The lowest BCUT2D eigenvalue weighted by Gasteiger charge is -2.22. The lowest BCUT2D eigenvalue weighted by molar-refractivity contribution is -0.172. The fourth-order valence-corrected chi connectivity index (χ4v) is 2.00. The van der Waals surface area contributed by atoms with Crippen LogP contribution in [-0.2, 0) is 16.2 Å². The second-order valence-electron chi connectivity index (χ2n) is 5.10. The number of hydroxylamine groups is 2. The summed E-state index contributed by atoms with van der Waals surface area (Å²) < 4.78 is 5.30. The van der Waals surface area contributed by atoms with E-state index in [1.54, 1.807) is 19.4 Å². The van der Waals surface area contributed by atoms with Crippen molar-refractivity contribution in [2.24, 2.45) is 10.7 Å². The number of hydrogen-bond donors (Lipinski definition) is 1. The van der Waals surface area contributed by atoms with Gasteiger partial charge in [-0.15, -0.1) is 0 Å². The number of methoxy groups -OCH3 is 1. The Morgan fingerprint density at radius 2 is 2.04 bits per heavy atom. The molecule has 2 rings (SSSR count). The van der Waals surface area contributed by atoms with Crippen molar-refractivity contribution in [2.45, 2.75) is 20.4 Å². The third-order valence-corrected chi connectivity index (χ3v) is 3.13. The van der Waals surface area contributed by atoms with Gasteiger partial charge in [-0.25, -0.2) is 4.98 Å². The van der Waals surface area contributed by atoms with Crippen molar-refractivity contribution in [2.75, 3.05) is 7.11 Å². The number of carbonyl (C=O) groups excluding carboxylic acids is 1. The highest BCUT2D eigenvalue weighted by Gasteiger charge is 2.15. The first-order valence-corrected chi connectivity index (χ1v) is 7.34. The van der Waals surface area contributed by atoms with Gasteiger partial charge in [0.05, 0.1) is 13.7 Å². The van der Waals surface area contributed by atoms with Gasteiger partial charge in [0.1, 0.15) is 5.75 Å². The number of rotatable bonds is 4. The highest BCUT2D eigenvalue weighted by molar-refractivity contribution is 5.81. The Morgan fingerprint density at radius 3 is 2.67 bits per heavy atom. The number of nitrogens with zero attached hydrogens (tertiary/aromatic N) is 3. The average Bonchev–Trinajstić information content (AvgIpc) is 2.56. The Kier molecular flexibility index (Phi) is 5.73. The van der Waals surface area contributed by atoms with E-state index in [0.717, 1.165) is 11.1 Å². The van der Waals surface area contributed by atoms with Crippen LogP contribution in [0.5, 0.6) is 5.75 Å². The molecule has 0 radical (unpaired) electrons. The zero-order chi connectivity index (χ0) is 17.5. The average molecular weight is 328 g/mol. The topological polar surface area (TPSA) is 90.0 Å². The first-order chi connectivity index (χ1) is 11.5. The summed E-state index contributed by atoms with van der Waals surface area (Å²) in [4.78, 5) is 24.9. The molecule has 1 aromatic heterocycles. The van der Waals surface area contributed by atoms with Gasteiger partial charge in [-0.3, -0.25) is 4.79 Å². The number of aryl methyl sites for hydroxylation is 1. The van der Waals surface area contributed by atoms with Gasteiger partial charge in [-0.05, 0) is 24.6 Å². The Hall–Kier alpha value is -3.09. The van der Waals surface area contributed by atoms with Gasteiger partial charge >= 0.3 is 5.97 Å². The number of carbonyl (C=O) groups is 1. The molecule has 0 atom stereocenters. The van der Waals surface area contributed by atoms with Gasteiger partial charge in [0, 0.05) is 18.7 Å². The number of benzene rings is 1. The molecule has 1 heterocycles. The highest BCUT2D eigenvalue weighted by Crippen LogP contribution is 2.20. The molecule has 7 nitrogen and oxygen atoms in total. The van der Waals surface area contributed by atoms with Crippen LogP contribution in [0.1, 0.15) is 18.1 Å². The van der Waals surface area contributed by atoms with Gasteiger partial charge in [0.15, 0.2) is 5.82 Å². The monoisotopic (exact) mass is 328 g/mol. The van der Waals surface area contributed by atoms with Crippen LogP contribution in [-0.4, -0.2) is 29.1 Å². The molecule has 24 heavy (non-hydrogen) atoms. The molecule has 2 aromatic rings. The number of aliphatic imine (C=N–C) groups is 1. The number of para-hydroxylation sites is 1. The summed E-state index contributed by atoms with van der Waals surface area (Å²) in [5, 5.41) is 1.21. The summed E-state index contributed by atoms with van der Waals surface area (Å²) in [6.07, 6.45) is 1.68. The Balaban J connectivity index is 2.26. The van der Waals surface area contributed by atoms with E-state index < -0.39 is 5.97 Å². The van der Waals surface area contributed by atoms with Crippen molar-refractivity contribution < 1.29 is 14.4 Å². The number of nitrogens with two attached hydrogens (primary N) is 1. The lowest BCUT2D eigenvalue weighted by atomic mass is 10.2. The quantitative estimate of drug-likeness (QED) is 0.526. The Morgan fingerprint density at radius 1 is 1.29 bits per heavy atom. The molecule has 2 N–H and O–H groups in total. The van der Waals surface area contributed by atoms with Crippen LogP contribution in [0.2, 0.25) is 0 Å². The normalized spacial score (nSPS) is 11.0. The molecule has 0 aliphatic heterocycles. The predicted molar refractivity (Wildman–Crippen MR) is 90.6 cm³/mol. The van der Waals surface area contributed by atoms with E-state index in [0.29, 0.717) is 11.6 Å². The first-order valence-electron chi connectivity index (χ1n) is 7.34. The van der Waals surface area contributed by atoms with Crippen LogP contribution in [0.3, 0.4) is 0 Å². The minimum atomic E-state index is -0.500.